The molecule has 3 rings (SSSR count). The van der Waals surface area contributed by atoms with Crippen LogP contribution in [-0.2, 0) is 14.3 Å². The average molecular weight is 360 g/mol. The first-order valence-corrected chi connectivity index (χ1v) is 8.64. The van der Waals surface area contributed by atoms with Gasteiger partial charge in [0.15, 0.2) is 0 Å². The summed E-state index contributed by atoms with van der Waals surface area (Å²) in [5, 5.41) is 2.28. The van der Waals surface area contributed by atoms with Gasteiger partial charge in [-0.05, 0) is 56.4 Å². The summed E-state index contributed by atoms with van der Waals surface area (Å²) in [6, 6.07) is 7.00. The molecule has 6 nitrogen and oxygen atoms in total. The van der Waals surface area contributed by atoms with E-state index in [0.29, 0.717) is 23.7 Å². The molecule has 0 N–H and O–H groups in total. The highest BCUT2D eigenvalue weighted by Gasteiger charge is 2.50. The number of piperidine rings is 1. The number of fused-ring (bicyclic) bond motifs is 2. The van der Waals surface area contributed by atoms with Gasteiger partial charge in [-0.15, -0.1) is 0 Å². The summed E-state index contributed by atoms with van der Waals surface area (Å²) in [6.45, 7) is 0. The van der Waals surface area contributed by atoms with Crippen LogP contribution in [0, 0.1) is 5.92 Å². The van der Waals surface area contributed by atoms with Crippen molar-refractivity contribution in [3.8, 4) is 0 Å². The molecule has 1 aromatic rings. The van der Waals surface area contributed by atoms with E-state index in [2.05, 4.69) is 27.3 Å². The smallest absolute Gasteiger partial charge is 0.338 e. The van der Waals surface area contributed by atoms with Crippen LogP contribution in [0.15, 0.2) is 29.3 Å². The number of methoxy groups -OCH3 is 1. The molecule has 2 aliphatic heterocycles. The number of esters is 2. The molecule has 0 saturated carbocycles. The van der Waals surface area contributed by atoms with Crippen LogP contribution < -0.4 is 0 Å². The summed E-state index contributed by atoms with van der Waals surface area (Å²) in [6.07, 6.45) is 2.10. The Labute approximate surface area is 151 Å². The number of carbonyl (C=O) groups is 2. The second-order valence-corrected chi connectivity index (χ2v) is 6.62. The summed E-state index contributed by atoms with van der Waals surface area (Å²) in [5.74, 6) is -1.21. The third-order valence-electron chi connectivity index (χ3n) is 5.22. The van der Waals surface area contributed by atoms with Crippen molar-refractivity contribution in [3.63, 3.8) is 0 Å². The largest absolute Gasteiger partial charge is 0.469 e. The lowest BCUT2D eigenvalue weighted by Crippen LogP contribution is -2.53. The maximum Gasteiger partial charge on any atom is 0.338 e. The molecule has 2 saturated heterocycles. The zero-order chi connectivity index (χ0) is 18.0. The topological polar surface area (TPSA) is 68.2 Å². The van der Waals surface area contributed by atoms with E-state index in [1.807, 2.05) is 7.05 Å². The van der Waals surface area contributed by atoms with Crippen molar-refractivity contribution in [2.45, 2.75) is 37.5 Å². The Morgan fingerprint density at radius 3 is 2.64 bits per heavy atom. The molecule has 0 spiro atoms. The fourth-order valence-corrected chi connectivity index (χ4v) is 4.02. The van der Waals surface area contributed by atoms with Gasteiger partial charge in [0.2, 0.25) is 0 Å². The Balaban J connectivity index is 1.76. The number of isothiocyanates is 1. The highest BCUT2D eigenvalue weighted by atomic mass is 32.1. The van der Waals surface area contributed by atoms with Gasteiger partial charge in [0.1, 0.15) is 12.0 Å². The molecular weight excluding hydrogens is 340 g/mol. The zero-order valence-corrected chi connectivity index (χ0v) is 15.0. The first-order valence-electron chi connectivity index (χ1n) is 8.24. The fraction of sp³-hybridized carbons (Fsp3) is 0.500. The number of thiocarbonyl (C=S) groups is 1. The monoisotopic (exact) mass is 360 g/mol. The molecule has 1 aromatic carbocycles. The van der Waals surface area contributed by atoms with Gasteiger partial charge in [0.05, 0.1) is 23.5 Å². The van der Waals surface area contributed by atoms with Crippen molar-refractivity contribution >= 4 is 35.0 Å². The van der Waals surface area contributed by atoms with Crippen LogP contribution in [-0.4, -0.2) is 54.3 Å². The van der Waals surface area contributed by atoms with E-state index >= 15 is 0 Å². The number of hydrogen-bond donors (Lipinski definition) is 0. The Bertz CT molecular complexity index is 714. The second kappa shape index (κ2) is 7.44. The van der Waals surface area contributed by atoms with Gasteiger partial charge >= 0.3 is 11.9 Å². The van der Waals surface area contributed by atoms with Crippen molar-refractivity contribution in [2.75, 3.05) is 14.2 Å². The second-order valence-electron chi connectivity index (χ2n) is 6.44. The maximum atomic E-state index is 12.5. The van der Waals surface area contributed by atoms with Crippen LogP contribution in [0.25, 0.3) is 0 Å². The summed E-state index contributed by atoms with van der Waals surface area (Å²) in [5.41, 5.74) is 1.04. The summed E-state index contributed by atoms with van der Waals surface area (Å²) < 4.78 is 10.7. The van der Waals surface area contributed by atoms with Crippen molar-refractivity contribution in [3.05, 3.63) is 29.8 Å². The molecule has 25 heavy (non-hydrogen) atoms. The molecule has 0 amide bonds. The van der Waals surface area contributed by atoms with E-state index in [-0.39, 0.29) is 12.0 Å². The van der Waals surface area contributed by atoms with Crippen LogP contribution in [0.1, 0.15) is 29.6 Å². The quantitative estimate of drug-likeness (QED) is 0.467. The standard InChI is InChI=1S/C18H20N2O4S/c1-20-13-7-8-14(20)16(18(22)23-2)15(9-13)24-17(21)11-3-5-12(6-4-11)19-10-25/h3-6,13-16H,7-9H2,1-2H3/t13-,14-,15+,16-/m1/s1. The predicted octanol–water partition coefficient (Wildman–Crippen LogP) is 2.60. The van der Waals surface area contributed by atoms with E-state index in [1.165, 1.54) is 7.11 Å². The molecule has 0 aromatic heterocycles. The molecule has 2 aliphatic rings. The van der Waals surface area contributed by atoms with Crippen LogP contribution in [0.3, 0.4) is 0 Å². The van der Waals surface area contributed by atoms with E-state index < -0.39 is 18.0 Å². The lowest BCUT2D eigenvalue weighted by atomic mass is 9.87. The molecule has 2 fully saturated rings. The minimum absolute atomic E-state index is 0.0586. The highest BCUT2D eigenvalue weighted by molar-refractivity contribution is 7.78. The average Bonchev–Trinajstić information content (AvgIpc) is 2.85. The van der Waals surface area contributed by atoms with Gasteiger partial charge in [0, 0.05) is 18.5 Å². The lowest BCUT2D eigenvalue weighted by molar-refractivity contribution is -0.156. The molecule has 2 heterocycles. The van der Waals surface area contributed by atoms with Gasteiger partial charge in [-0.2, -0.15) is 4.99 Å². The number of rotatable bonds is 4. The Kier molecular flexibility index (Phi) is 5.27. The molecule has 132 valence electrons. The SMILES string of the molecule is COC(=O)[C@H]1[C@@H](OC(=O)c2ccc(N=C=S)cc2)C[C@H]2CC[C@H]1N2C. The van der Waals surface area contributed by atoms with E-state index in [4.69, 9.17) is 9.47 Å². The number of carbonyl (C=O) groups excluding carboxylic acids is 2. The van der Waals surface area contributed by atoms with Crippen LogP contribution in [0.5, 0.6) is 0 Å². The number of hydrogen-bond acceptors (Lipinski definition) is 7. The maximum absolute atomic E-state index is 12.5. The predicted molar refractivity (Wildman–Crippen MR) is 95.0 cm³/mol. The molecule has 0 radical (unpaired) electrons. The molecular formula is C18H20N2O4S. The molecule has 2 bridgehead atoms. The Morgan fingerprint density at radius 1 is 1.28 bits per heavy atom. The highest BCUT2D eigenvalue weighted by Crippen LogP contribution is 2.40. The Hall–Kier alpha value is -2.08. The third kappa shape index (κ3) is 3.49. The van der Waals surface area contributed by atoms with Gasteiger partial charge in [-0.1, -0.05) is 0 Å². The first kappa shape index (κ1) is 17.7. The van der Waals surface area contributed by atoms with Crippen LogP contribution in [0.4, 0.5) is 5.69 Å². The summed E-state index contributed by atoms with van der Waals surface area (Å²) in [4.78, 5) is 30.8. The normalized spacial score (nSPS) is 28.1. The minimum Gasteiger partial charge on any atom is -0.469 e. The van der Waals surface area contributed by atoms with Gasteiger partial charge < -0.3 is 9.47 Å². The van der Waals surface area contributed by atoms with Crippen LogP contribution >= 0.6 is 12.2 Å². The summed E-state index contributed by atoms with van der Waals surface area (Å²) in [7, 11) is 3.39. The number of aliphatic imine (C=N–C) groups is 1. The van der Waals surface area contributed by atoms with E-state index in [0.717, 1.165) is 12.8 Å². The fourth-order valence-electron chi connectivity index (χ4n) is 3.92. The zero-order valence-electron chi connectivity index (χ0n) is 14.2. The van der Waals surface area contributed by atoms with Gasteiger partial charge in [-0.3, -0.25) is 9.69 Å². The number of ether oxygens (including phenoxy) is 2. The first-order chi connectivity index (χ1) is 12.0. The molecule has 0 unspecified atom stereocenters. The Morgan fingerprint density at radius 2 is 2.00 bits per heavy atom. The van der Waals surface area contributed by atoms with Crippen molar-refractivity contribution in [1.29, 1.82) is 0 Å². The molecule has 7 heteroatoms. The van der Waals surface area contributed by atoms with Gasteiger partial charge in [-0.25, -0.2) is 4.79 Å². The van der Waals surface area contributed by atoms with Crippen LogP contribution in [0.2, 0.25) is 0 Å². The van der Waals surface area contributed by atoms with Crippen molar-refractivity contribution in [1.82, 2.24) is 4.90 Å². The molecule has 4 atom stereocenters. The van der Waals surface area contributed by atoms with Gasteiger partial charge in [0.25, 0.3) is 0 Å². The number of benzene rings is 1. The molecule has 0 aliphatic carbocycles. The summed E-state index contributed by atoms with van der Waals surface area (Å²) >= 11 is 4.56. The van der Waals surface area contributed by atoms with Crippen molar-refractivity contribution < 1.29 is 19.1 Å². The minimum atomic E-state index is -0.465. The number of nitrogens with zero attached hydrogens (tertiary/aromatic N) is 2. The lowest BCUT2D eigenvalue weighted by Gasteiger charge is -2.40. The van der Waals surface area contributed by atoms with E-state index in [9.17, 15) is 9.59 Å². The third-order valence-corrected chi connectivity index (χ3v) is 5.32. The van der Waals surface area contributed by atoms with Crippen molar-refractivity contribution in [2.24, 2.45) is 10.9 Å². The van der Waals surface area contributed by atoms with E-state index in [1.54, 1.807) is 24.3 Å².